The summed E-state index contributed by atoms with van der Waals surface area (Å²) in [6.07, 6.45) is -3.53. The number of benzene rings is 1. The molecule has 1 atom stereocenters. The molecule has 0 aromatic heterocycles. The lowest BCUT2D eigenvalue weighted by Gasteiger charge is -2.15. The number of nitrogens with one attached hydrogen (secondary N) is 1. The van der Waals surface area contributed by atoms with Gasteiger partial charge in [0.25, 0.3) is 5.91 Å². The van der Waals surface area contributed by atoms with Crippen molar-refractivity contribution in [3.8, 4) is 6.07 Å². The van der Waals surface area contributed by atoms with Crippen LogP contribution in [0.1, 0.15) is 18.4 Å². The number of anilines is 1. The van der Waals surface area contributed by atoms with Crippen molar-refractivity contribution < 1.29 is 27.5 Å². The fourth-order valence-electron chi connectivity index (χ4n) is 2.76. The SMILES string of the molecule is N#CC1(c2ccc(N3C[C@H](CNC(=O)C(F)F)OC3=O)cc2F)CC1. The number of alkyl halides is 2. The number of cyclic esters (lactones) is 1. The second kappa shape index (κ2) is 6.27. The maximum Gasteiger partial charge on any atom is 0.414 e. The van der Waals surface area contributed by atoms with Crippen molar-refractivity contribution in [2.75, 3.05) is 18.0 Å². The number of nitriles is 1. The molecule has 9 heteroatoms. The van der Waals surface area contributed by atoms with E-state index in [0.29, 0.717) is 18.4 Å². The van der Waals surface area contributed by atoms with Crippen LogP contribution in [0, 0.1) is 17.1 Å². The standard InChI is InChI=1S/C16H14F3N3O3/c17-12-5-9(1-2-11(12)16(8-20)3-4-16)22-7-10(25-15(22)24)6-21-14(23)13(18)19/h1-2,5,10,13H,3-4,6-7H2,(H,21,23)/t10-/m0/s1. The average molecular weight is 353 g/mol. The molecule has 1 saturated carbocycles. The second-order valence-electron chi connectivity index (χ2n) is 6.02. The van der Waals surface area contributed by atoms with Crippen molar-refractivity contribution in [3.05, 3.63) is 29.6 Å². The Bertz CT molecular complexity index is 759. The van der Waals surface area contributed by atoms with E-state index in [1.54, 1.807) is 0 Å². The van der Waals surface area contributed by atoms with Gasteiger partial charge in [0.15, 0.2) is 0 Å². The predicted molar refractivity (Wildman–Crippen MR) is 79.6 cm³/mol. The topological polar surface area (TPSA) is 82.4 Å². The highest BCUT2D eigenvalue weighted by atomic mass is 19.3. The largest absolute Gasteiger partial charge is 0.442 e. The maximum absolute atomic E-state index is 14.3. The molecule has 2 amide bonds. The fraction of sp³-hybridized carbons (Fsp3) is 0.438. The van der Waals surface area contributed by atoms with E-state index in [2.05, 4.69) is 6.07 Å². The molecule has 0 bridgehead atoms. The number of carbonyl (C=O) groups is 2. The van der Waals surface area contributed by atoms with Crippen molar-refractivity contribution in [3.63, 3.8) is 0 Å². The van der Waals surface area contributed by atoms with Crippen LogP contribution in [0.2, 0.25) is 0 Å². The van der Waals surface area contributed by atoms with Gasteiger partial charge in [0.1, 0.15) is 11.9 Å². The highest BCUT2D eigenvalue weighted by Gasteiger charge is 2.47. The molecule has 1 saturated heterocycles. The predicted octanol–water partition coefficient (Wildman–Crippen LogP) is 2.09. The van der Waals surface area contributed by atoms with Crippen molar-refractivity contribution >= 4 is 17.7 Å². The van der Waals surface area contributed by atoms with Crippen LogP contribution < -0.4 is 10.2 Å². The van der Waals surface area contributed by atoms with E-state index in [-0.39, 0.29) is 18.8 Å². The molecule has 1 heterocycles. The minimum absolute atomic E-state index is 0.00939. The average Bonchev–Trinajstić information content (AvgIpc) is 3.28. The van der Waals surface area contributed by atoms with Crippen molar-refractivity contribution in [1.29, 1.82) is 5.26 Å². The van der Waals surface area contributed by atoms with Crippen LogP contribution in [-0.4, -0.2) is 37.6 Å². The van der Waals surface area contributed by atoms with E-state index in [9.17, 15) is 22.8 Å². The van der Waals surface area contributed by atoms with Gasteiger partial charge in [0.2, 0.25) is 0 Å². The summed E-state index contributed by atoms with van der Waals surface area (Å²) in [4.78, 5) is 23.9. The Kier molecular flexibility index (Phi) is 4.29. The molecular weight excluding hydrogens is 339 g/mol. The summed E-state index contributed by atoms with van der Waals surface area (Å²) in [6.45, 7) is -0.270. The van der Waals surface area contributed by atoms with Crippen molar-refractivity contribution in [1.82, 2.24) is 5.32 Å². The highest BCUT2D eigenvalue weighted by molar-refractivity contribution is 5.90. The number of carbonyl (C=O) groups excluding carboxylic acids is 2. The lowest BCUT2D eigenvalue weighted by Crippen LogP contribution is -2.37. The Labute approximate surface area is 141 Å². The Hall–Kier alpha value is -2.76. The molecule has 25 heavy (non-hydrogen) atoms. The lowest BCUT2D eigenvalue weighted by atomic mass is 9.97. The van der Waals surface area contributed by atoms with Gasteiger partial charge in [0.05, 0.1) is 30.3 Å². The summed E-state index contributed by atoms with van der Waals surface area (Å²) in [5, 5.41) is 11.1. The van der Waals surface area contributed by atoms with Gasteiger partial charge in [-0.2, -0.15) is 14.0 Å². The van der Waals surface area contributed by atoms with E-state index >= 15 is 0 Å². The number of amides is 2. The third-order valence-electron chi connectivity index (χ3n) is 4.32. The molecule has 1 aromatic carbocycles. The molecule has 3 rings (SSSR count). The van der Waals surface area contributed by atoms with Crippen LogP contribution in [0.3, 0.4) is 0 Å². The molecule has 0 unspecified atom stereocenters. The molecule has 0 radical (unpaired) electrons. The number of hydrogen-bond donors (Lipinski definition) is 1. The smallest absolute Gasteiger partial charge is 0.414 e. The first-order valence-electron chi connectivity index (χ1n) is 7.61. The van der Waals surface area contributed by atoms with Gasteiger partial charge in [0, 0.05) is 5.56 Å². The van der Waals surface area contributed by atoms with Crippen LogP contribution in [0.15, 0.2) is 18.2 Å². The molecule has 0 spiro atoms. The number of rotatable bonds is 5. The Balaban J connectivity index is 1.68. The van der Waals surface area contributed by atoms with E-state index in [1.165, 1.54) is 12.1 Å². The highest BCUT2D eigenvalue weighted by Crippen LogP contribution is 2.48. The van der Waals surface area contributed by atoms with Crippen LogP contribution in [0.25, 0.3) is 0 Å². The number of halogens is 3. The summed E-state index contributed by atoms with van der Waals surface area (Å²) in [7, 11) is 0. The molecule has 1 N–H and O–H groups in total. The van der Waals surface area contributed by atoms with Gasteiger partial charge in [-0.25, -0.2) is 9.18 Å². The summed E-state index contributed by atoms with van der Waals surface area (Å²) in [6, 6.07) is 6.23. The number of hydrogen-bond acceptors (Lipinski definition) is 4. The molecule has 1 aromatic rings. The van der Waals surface area contributed by atoms with E-state index in [4.69, 9.17) is 10.00 Å². The van der Waals surface area contributed by atoms with E-state index < -0.39 is 35.8 Å². The molecular formula is C16H14F3N3O3. The first kappa shape index (κ1) is 17.1. The van der Waals surface area contributed by atoms with Crippen molar-refractivity contribution in [2.24, 2.45) is 0 Å². The third kappa shape index (κ3) is 3.24. The summed E-state index contributed by atoms with van der Waals surface area (Å²) >= 11 is 0. The Morgan fingerprint density at radius 2 is 2.20 bits per heavy atom. The molecule has 2 fully saturated rings. The van der Waals surface area contributed by atoms with Gasteiger partial charge in [-0.05, 0) is 25.0 Å². The lowest BCUT2D eigenvalue weighted by molar-refractivity contribution is -0.132. The molecule has 6 nitrogen and oxygen atoms in total. The van der Waals surface area contributed by atoms with Gasteiger partial charge in [-0.15, -0.1) is 0 Å². The first-order chi connectivity index (χ1) is 11.9. The third-order valence-corrected chi connectivity index (χ3v) is 4.32. The van der Waals surface area contributed by atoms with Gasteiger partial charge in [-0.1, -0.05) is 6.07 Å². The quantitative estimate of drug-likeness (QED) is 0.879. The van der Waals surface area contributed by atoms with Gasteiger partial charge >= 0.3 is 12.5 Å². The molecule has 1 aliphatic carbocycles. The number of nitrogens with zero attached hydrogens (tertiary/aromatic N) is 2. The van der Waals surface area contributed by atoms with E-state index in [1.807, 2.05) is 5.32 Å². The van der Waals surface area contributed by atoms with Crippen LogP contribution >= 0.6 is 0 Å². The minimum Gasteiger partial charge on any atom is -0.442 e. The monoisotopic (exact) mass is 353 g/mol. The molecule has 1 aliphatic heterocycles. The zero-order chi connectivity index (χ0) is 18.2. The normalized spacial score (nSPS) is 21.0. The summed E-state index contributed by atoms with van der Waals surface area (Å²) in [5.41, 5.74) is -0.245. The van der Waals surface area contributed by atoms with E-state index in [0.717, 1.165) is 11.0 Å². The Morgan fingerprint density at radius 1 is 1.48 bits per heavy atom. The zero-order valence-electron chi connectivity index (χ0n) is 13.0. The number of ether oxygens (including phenoxy) is 1. The summed E-state index contributed by atoms with van der Waals surface area (Å²) < 4.78 is 43.6. The van der Waals surface area contributed by atoms with Crippen molar-refractivity contribution in [2.45, 2.75) is 30.8 Å². The molecule has 132 valence electrons. The first-order valence-corrected chi connectivity index (χ1v) is 7.61. The van der Waals surface area contributed by atoms with Crippen LogP contribution in [0.5, 0.6) is 0 Å². The van der Waals surface area contributed by atoms with Crippen LogP contribution in [0.4, 0.5) is 23.7 Å². The van der Waals surface area contributed by atoms with Gasteiger partial charge in [-0.3, -0.25) is 9.69 Å². The summed E-state index contributed by atoms with van der Waals surface area (Å²) in [5.74, 6) is -2.03. The minimum atomic E-state index is -3.15. The van der Waals surface area contributed by atoms with Crippen LogP contribution in [-0.2, 0) is 14.9 Å². The second-order valence-corrected chi connectivity index (χ2v) is 6.02. The molecule has 2 aliphatic rings. The van der Waals surface area contributed by atoms with Gasteiger partial charge < -0.3 is 10.1 Å². The fourth-order valence-corrected chi connectivity index (χ4v) is 2.76. The maximum atomic E-state index is 14.3. The zero-order valence-corrected chi connectivity index (χ0v) is 13.0. The Morgan fingerprint density at radius 3 is 2.76 bits per heavy atom.